The van der Waals surface area contributed by atoms with Gasteiger partial charge < -0.3 is 5.73 Å². The van der Waals surface area contributed by atoms with Crippen molar-refractivity contribution in [2.45, 2.75) is 18.9 Å². The standard InChI is InChI=1S/C7H10N2S/c8-6(5-1-2-5)7-9-3-4-10-7/h3-6H,1-2,8H2. The summed E-state index contributed by atoms with van der Waals surface area (Å²) in [4.78, 5) is 4.17. The van der Waals surface area contributed by atoms with Gasteiger partial charge in [-0.1, -0.05) is 0 Å². The van der Waals surface area contributed by atoms with Crippen LogP contribution in [0.3, 0.4) is 0 Å². The molecule has 10 heavy (non-hydrogen) atoms. The first-order valence-corrected chi connectivity index (χ1v) is 4.41. The van der Waals surface area contributed by atoms with E-state index < -0.39 is 0 Å². The lowest BCUT2D eigenvalue weighted by Crippen LogP contribution is -2.11. The van der Waals surface area contributed by atoms with E-state index in [0.717, 1.165) is 10.9 Å². The zero-order valence-electron chi connectivity index (χ0n) is 5.66. The van der Waals surface area contributed by atoms with Crippen molar-refractivity contribution in [3.8, 4) is 0 Å². The summed E-state index contributed by atoms with van der Waals surface area (Å²) in [6, 6.07) is 0.222. The quantitative estimate of drug-likeness (QED) is 0.702. The number of hydrogen-bond acceptors (Lipinski definition) is 3. The molecule has 1 aliphatic rings. The summed E-state index contributed by atoms with van der Waals surface area (Å²) in [5.74, 6) is 0.728. The van der Waals surface area contributed by atoms with Gasteiger partial charge in [0.15, 0.2) is 0 Å². The van der Waals surface area contributed by atoms with Crippen LogP contribution in [0.4, 0.5) is 0 Å². The number of nitrogens with zero attached hydrogens (tertiary/aromatic N) is 1. The van der Waals surface area contributed by atoms with Crippen LogP contribution in [0.15, 0.2) is 11.6 Å². The van der Waals surface area contributed by atoms with E-state index >= 15 is 0 Å². The molecule has 0 saturated heterocycles. The van der Waals surface area contributed by atoms with Crippen molar-refractivity contribution in [1.29, 1.82) is 0 Å². The highest BCUT2D eigenvalue weighted by molar-refractivity contribution is 7.09. The van der Waals surface area contributed by atoms with Crippen molar-refractivity contribution in [3.05, 3.63) is 16.6 Å². The molecule has 1 aromatic heterocycles. The maximum Gasteiger partial charge on any atom is 0.110 e. The van der Waals surface area contributed by atoms with Crippen LogP contribution in [-0.4, -0.2) is 4.98 Å². The maximum absolute atomic E-state index is 5.89. The van der Waals surface area contributed by atoms with Crippen LogP contribution in [-0.2, 0) is 0 Å². The SMILES string of the molecule is NC(c1nccs1)C1CC1. The molecular formula is C7H10N2S. The molecule has 1 aliphatic carbocycles. The van der Waals surface area contributed by atoms with Gasteiger partial charge in [0.1, 0.15) is 5.01 Å². The minimum Gasteiger partial charge on any atom is -0.322 e. The Kier molecular flexibility index (Phi) is 1.47. The van der Waals surface area contributed by atoms with E-state index in [2.05, 4.69) is 4.98 Å². The number of thiazole rings is 1. The third kappa shape index (κ3) is 1.07. The molecule has 1 fully saturated rings. The van der Waals surface area contributed by atoms with E-state index in [-0.39, 0.29) is 6.04 Å². The van der Waals surface area contributed by atoms with Gasteiger partial charge in [0, 0.05) is 11.6 Å². The zero-order valence-corrected chi connectivity index (χ0v) is 6.47. The largest absolute Gasteiger partial charge is 0.322 e. The number of hydrogen-bond donors (Lipinski definition) is 1. The van der Waals surface area contributed by atoms with Gasteiger partial charge >= 0.3 is 0 Å². The van der Waals surface area contributed by atoms with Crippen molar-refractivity contribution in [3.63, 3.8) is 0 Å². The molecule has 2 nitrogen and oxygen atoms in total. The monoisotopic (exact) mass is 154 g/mol. The van der Waals surface area contributed by atoms with Crippen molar-refractivity contribution in [2.24, 2.45) is 11.7 Å². The maximum atomic E-state index is 5.89. The van der Waals surface area contributed by atoms with Crippen LogP contribution in [0.25, 0.3) is 0 Å². The van der Waals surface area contributed by atoms with Gasteiger partial charge in [-0.2, -0.15) is 0 Å². The molecule has 2 N–H and O–H groups in total. The fourth-order valence-electron chi connectivity index (χ4n) is 1.06. The molecule has 1 saturated carbocycles. The molecule has 1 heterocycles. The Bertz CT molecular complexity index is 203. The molecule has 1 aromatic rings. The summed E-state index contributed by atoms with van der Waals surface area (Å²) in [5, 5.41) is 3.08. The fraction of sp³-hybridized carbons (Fsp3) is 0.571. The predicted octanol–water partition coefficient (Wildman–Crippen LogP) is 1.55. The minimum absolute atomic E-state index is 0.222. The lowest BCUT2D eigenvalue weighted by Gasteiger charge is -2.03. The molecule has 0 aromatic carbocycles. The van der Waals surface area contributed by atoms with Gasteiger partial charge in [0.2, 0.25) is 0 Å². The second kappa shape index (κ2) is 2.32. The minimum atomic E-state index is 0.222. The van der Waals surface area contributed by atoms with Crippen LogP contribution in [0.2, 0.25) is 0 Å². The van der Waals surface area contributed by atoms with Gasteiger partial charge in [-0.3, -0.25) is 0 Å². The highest BCUT2D eigenvalue weighted by atomic mass is 32.1. The van der Waals surface area contributed by atoms with E-state index in [4.69, 9.17) is 5.73 Å². The Morgan fingerprint density at radius 1 is 1.70 bits per heavy atom. The summed E-state index contributed by atoms with van der Waals surface area (Å²) in [5.41, 5.74) is 5.89. The second-order valence-electron chi connectivity index (χ2n) is 2.73. The fourth-order valence-corrected chi connectivity index (χ4v) is 1.79. The van der Waals surface area contributed by atoms with Crippen LogP contribution in [0, 0.1) is 5.92 Å². The van der Waals surface area contributed by atoms with E-state index in [1.165, 1.54) is 12.8 Å². The molecule has 0 bridgehead atoms. The molecule has 0 radical (unpaired) electrons. The molecular weight excluding hydrogens is 144 g/mol. The van der Waals surface area contributed by atoms with Crippen LogP contribution >= 0.6 is 11.3 Å². The van der Waals surface area contributed by atoms with Gasteiger partial charge in [-0.15, -0.1) is 11.3 Å². The highest BCUT2D eigenvalue weighted by Gasteiger charge is 2.30. The van der Waals surface area contributed by atoms with Gasteiger partial charge in [-0.25, -0.2) is 4.98 Å². The van der Waals surface area contributed by atoms with E-state index in [0.29, 0.717) is 0 Å². The van der Waals surface area contributed by atoms with Crippen LogP contribution in [0.1, 0.15) is 23.9 Å². The second-order valence-corrected chi connectivity index (χ2v) is 3.66. The Balaban J connectivity index is 2.11. The normalized spacial score (nSPS) is 20.9. The zero-order chi connectivity index (χ0) is 6.97. The Labute approximate surface area is 64.1 Å². The number of aromatic nitrogens is 1. The van der Waals surface area contributed by atoms with Crippen molar-refractivity contribution in [1.82, 2.24) is 4.98 Å². The summed E-state index contributed by atoms with van der Waals surface area (Å²) in [6.07, 6.45) is 4.41. The van der Waals surface area contributed by atoms with E-state index in [1.54, 1.807) is 11.3 Å². The number of nitrogens with two attached hydrogens (primary N) is 1. The van der Waals surface area contributed by atoms with Gasteiger partial charge in [0.05, 0.1) is 6.04 Å². The van der Waals surface area contributed by atoms with Gasteiger partial charge in [-0.05, 0) is 18.8 Å². The highest BCUT2D eigenvalue weighted by Crippen LogP contribution is 2.39. The molecule has 2 rings (SSSR count). The summed E-state index contributed by atoms with van der Waals surface area (Å²) >= 11 is 1.66. The molecule has 1 atom stereocenters. The first-order chi connectivity index (χ1) is 4.88. The van der Waals surface area contributed by atoms with Crippen molar-refractivity contribution in [2.75, 3.05) is 0 Å². The van der Waals surface area contributed by atoms with Crippen LogP contribution in [0.5, 0.6) is 0 Å². The van der Waals surface area contributed by atoms with E-state index in [1.807, 2.05) is 11.6 Å². The first-order valence-electron chi connectivity index (χ1n) is 3.53. The van der Waals surface area contributed by atoms with E-state index in [9.17, 15) is 0 Å². The summed E-state index contributed by atoms with van der Waals surface area (Å²) < 4.78 is 0. The molecule has 54 valence electrons. The summed E-state index contributed by atoms with van der Waals surface area (Å²) in [7, 11) is 0. The van der Waals surface area contributed by atoms with Crippen molar-refractivity contribution >= 4 is 11.3 Å². The van der Waals surface area contributed by atoms with Crippen LogP contribution < -0.4 is 5.73 Å². The number of rotatable bonds is 2. The average molecular weight is 154 g/mol. The summed E-state index contributed by atoms with van der Waals surface area (Å²) in [6.45, 7) is 0. The molecule has 3 heteroatoms. The van der Waals surface area contributed by atoms with Crippen molar-refractivity contribution < 1.29 is 0 Å². The lowest BCUT2D eigenvalue weighted by molar-refractivity contribution is 0.629. The Morgan fingerprint density at radius 2 is 2.50 bits per heavy atom. The molecule has 0 amide bonds. The Hall–Kier alpha value is -0.410. The Morgan fingerprint density at radius 3 is 3.00 bits per heavy atom. The van der Waals surface area contributed by atoms with Gasteiger partial charge in [0.25, 0.3) is 0 Å². The third-order valence-electron chi connectivity index (χ3n) is 1.87. The smallest absolute Gasteiger partial charge is 0.110 e. The average Bonchev–Trinajstić information content (AvgIpc) is 2.65. The predicted molar refractivity (Wildman–Crippen MR) is 41.8 cm³/mol. The lowest BCUT2D eigenvalue weighted by atomic mass is 10.2. The first kappa shape index (κ1) is 6.31. The topological polar surface area (TPSA) is 38.9 Å². The molecule has 1 unspecified atom stereocenters. The molecule has 0 spiro atoms. The third-order valence-corrected chi connectivity index (χ3v) is 2.74. The molecule has 0 aliphatic heterocycles.